The average molecular weight is 233 g/mol. The Balaban J connectivity index is 0.000000845. The summed E-state index contributed by atoms with van der Waals surface area (Å²) in [5, 5.41) is -0.145. The Morgan fingerprint density at radius 2 is 1.85 bits per heavy atom. The van der Waals surface area contributed by atoms with E-state index in [0.29, 0.717) is 0 Å². The molecule has 78 valence electrons. The van der Waals surface area contributed by atoms with Gasteiger partial charge in [-0.3, -0.25) is 0 Å². The fraction of sp³-hybridized carbons (Fsp3) is 1.00. The second-order valence-corrected chi connectivity index (χ2v) is 5.74. The second-order valence-electron chi connectivity index (χ2n) is 3.42. The summed E-state index contributed by atoms with van der Waals surface area (Å²) in [5.41, 5.74) is 0. The molecule has 1 aliphatic carbocycles. The van der Waals surface area contributed by atoms with Gasteiger partial charge in [-0.25, -0.2) is 22.1 Å². The SMILES string of the molecule is Cl.N=S(=O)(C1CC1)N1CC(F)(F)C1. The van der Waals surface area contributed by atoms with Crippen LogP contribution in [0.1, 0.15) is 12.8 Å². The first-order valence-electron chi connectivity index (χ1n) is 3.82. The zero-order valence-electron chi connectivity index (χ0n) is 6.83. The molecule has 1 unspecified atom stereocenters. The Kier molecular flexibility index (Phi) is 2.60. The zero-order valence-corrected chi connectivity index (χ0v) is 8.47. The summed E-state index contributed by atoms with van der Waals surface area (Å²) in [5.74, 6) is -2.71. The van der Waals surface area contributed by atoms with Crippen molar-refractivity contribution in [2.45, 2.75) is 24.0 Å². The fourth-order valence-electron chi connectivity index (χ4n) is 1.26. The van der Waals surface area contributed by atoms with Gasteiger partial charge in [0.1, 0.15) is 9.92 Å². The lowest BCUT2D eigenvalue weighted by molar-refractivity contribution is -0.0935. The van der Waals surface area contributed by atoms with E-state index in [1.54, 1.807) is 0 Å². The highest BCUT2D eigenvalue weighted by molar-refractivity contribution is 7.91. The first-order valence-corrected chi connectivity index (χ1v) is 5.40. The Bertz CT molecular complexity index is 294. The van der Waals surface area contributed by atoms with Gasteiger partial charge in [-0.1, -0.05) is 0 Å². The molecule has 13 heavy (non-hydrogen) atoms. The van der Waals surface area contributed by atoms with E-state index in [1.807, 2.05) is 0 Å². The lowest BCUT2D eigenvalue weighted by Crippen LogP contribution is -2.58. The lowest BCUT2D eigenvalue weighted by atomic mass is 10.2. The maximum atomic E-state index is 12.4. The minimum atomic E-state index is -2.85. The molecule has 2 rings (SSSR count). The van der Waals surface area contributed by atoms with E-state index < -0.39 is 28.9 Å². The number of alkyl halides is 2. The van der Waals surface area contributed by atoms with E-state index in [9.17, 15) is 13.0 Å². The van der Waals surface area contributed by atoms with Crippen molar-refractivity contribution in [2.24, 2.45) is 0 Å². The van der Waals surface area contributed by atoms with Crippen molar-refractivity contribution in [3.63, 3.8) is 0 Å². The van der Waals surface area contributed by atoms with Gasteiger partial charge in [0, 0.05) is 0 Å². The fourth-order valence-corrected chi connectivity index (χ4v) is 3.22. The quantitative estimate of drug-likeness (QED) is 0.770. The van der Waals surface area contributed by atoms with Gasteiger partial charge in [0.25, 0.3) is 5.92 Å². The number of halogens is 3. The van der Waals surface area contributed by atoms with E-state index in [2.05, 4.69) is 0 Å². The van der Waals surface area contributed by atoms with Crippen LogP contribution in [0.25, 0.3) is 0 Å². The van der Waals surface area contributed by atoms with Crippen LogP contribution in [0.5, 0.6) is 0 Å². The number of nitrogens with one attached hydrogen (secondary N) is 1. The molecule has 1 saturated heterocycles. The molecule has 0 aromatic carbocycles. The molecule has 1 heterocycles. The standard InChI is InChI=1S/C6H10F2N2OS.ClH/c7-6(8)3-10(4-6)12(9,11)5-1-2-5;/h5,9H,1-4H2;1H. The summed E-state index contributed by atoms with van der Waals surface area (Å²) in [6.07, 6.45) is 1.51. The van der Waals surface area contributed by atoms with Gasteiger partial charge in [-0.15, -0.1) is 12.4 Å². The van der Waals surface area contributed by atoms with E-state index in [-0.39, 0.29) is 17.7 Å². The molecule has 0 amide bonds. The highest BCUT2D eigenvalue weighted by Gasteiger charge is 2.51. The highest BCUT2D eigenvalue weighted by Crippen LogP contribution is 2.37. The third-order valence-electron chi connectivity index (χ3n) is 2.18. The Labute approximate surface area is 82.0 Å². The van der Waals surface area contributed by atoms with Crippen LogP contribution in [0.15, 0.2) is 0 Å². The van der Waals surface area contributed by atoms with Crippen LogP contribution < -0.4 is 0 Å². The summed E-state index contributed by atoms with van der Waals surface area (Å²) < 4.78 is 44.7. The van der Waals surface area contributed by atoms with Gasteiger partial charge in [0.2, 0.25) is 0 Å². The van der Waals surface area contributed by atoms with Crippen molar-refractivity contribution < 1.29 is 13.0 Å². The van der Waals surface area contributed by atoms with Crippen molar-refractivity contribution in [1.29, 1.82) is 4.78 Å². The predicted octanol–water partition coefficient (Wildman–Crippen LogP) is 1.48. The lowest BCUT2D eigenvalue weighted by Gasteiger charge is -2.39. The van der Waals surface area contributed by atoms with Crippen molar-refractivity contribution in [1.82, 2.24) is 4.31 Å². The van der Waals surface area contributed by atoms with Gasteiger partial charge in [0.15, 0.2) is 0 Å². The Morgan fingerprint density at radius 3 is 2.15 bits per heavy atom. The van der Waals surface area contributed by atoms with E-state index in [1.165, 1.54) is 0 Å². The zero-order chi connectivity index (χ0) is 8.98. The van der Waals surface area contributed by atoms with Gasteiger partial charge < -0.3 is 0 Å². The maximum Gasteiger partial charge on any atom is 0.275 e. The number of hydrogen-bond donors (Lipinski definition) is 1. The number of rotatable bonds is 2. The van der Waals surface area contributed by atoms with Crippen LogP contribution in [-0.2, 0) is 9.92 Å². The molecule has 0 aromatic rings. The Hall–Kier alpha value is 0.0600. The van der Waals surface area contributed by atoms with Crippen LogP contribution in [0.4, 0.5) is 8.78 Å². The number of hydrogen-bond acceptors (Lipinski definition) is 2. The topological polar surface area (TPSA) is 44.2 Å². The summed E-state index contributed by atoms with van der Waals surface area (Å²) >= 11 is 0. The van der Waals surface area contributed by atoms with Crippen molar-refractivity contribution in [3.05, 3.63) is 0 Å². The molecule has 1 saturated carbocycles. The van der Waals surface area contributed by atoms with E-state index >= 15 is 0 Å². The van der Waals surface area contributed by atoms with Crippen LogP contribution in [0.3, 0.4) is 0 Å². The van der Waals surface area contributed by atoms with Crippen LogP contribution in [0.2, 0.25) is 0 Å². The summed E-state index contributed by atoms with van der Waals surface area (Å²) in [7, 11) is -2.85. The summed E-state index contributed by atoms with van der Waals surface area (Å²) in [4.78, 5) is 0. The predicted molar refractivity (Wildman–Crippen MR) is 47.7 cm³/mol. The normalized spacial score (nSPS) is 31.2. The van der Waals surface area contributed by atoms with Crippen molar-refractivity contribution in [2.75, 3.05) is 13.1 Å². The minimum Gasteiger partial charge on any atom is -0.240 e. The average Bonchev–Trinajstić information content (AvgIpc) is 2.62. The van der Waals surface area contributed by atoms with Gasteiger partial charge in [-0.2, -0.15) is 0 Å². The first kappa shape index (κ1) is 11.1. The first-order chi connectivity index (χ1) is 5.42. The summed E-state index contributed by atoms with van der Waals surface area (Å²) in [6.45, 7) is -0.988. The molecule has 0 radical (unpaired) electrons. The van der Waals surface area contributed by atoms with E-state index in [0.717, 1.165) is 17.1 Å². The summed E-state index contributed by atoms with van der Waals surface area (Å²) in [6, 6.07) is 0. The largest absolute Gasteiger partial charge is 0.275 e. The molecule has 1 atom stereocenters. The molecular formula is C6H11ClF2N2OS. The Morgan fingerprint density at radius 1 is 1.38 bits per heavy atom. The van der Waals surface area contributed by atoms with Gasteiger partial charge in [-0.05, 0) is 12.8 Å². The van der Waals surface area contributed by atoms with Gasteiger partial charge >= 0.3 is 0 Å². The van der Waals surface area contributed by atoms with Crippen molar-refractivity contribution >= 4 is 22.3 Å². The highest BCUT2D eigenvalue weighted by atomic mass is 35.5. The number of nitrogens with zero attached hydrogens (tertiary/aromatic N) is 1. The molecule has 3 nitrogen and oxygen atoms in total. The monoisotopic (exact) mass is 232 g/mol. The third kappa shape index (κ3) is 1.94. The van der Waals surface area contributed by atoms with E-state index in [4.69, 9.17) is 4.78 Å². The van der Waals surface area contributed by atoms with Crippen LogP contribution in [0, 0.1) is 4.78 Å². The molecule has 1 N–H and O–H groups in total. The molecule has 2 fully saturated rings. The van der Waals surface area contributed by atoms with Crippen LogP contribution in [-0.4, -0.2) is 32.8 Å². The molecule has 2 aliphatic rings. The minimum absolute atomic E-state index is 0. The molecule has 7 heteroatoms. The van der Waals surface area contributed by atoms with Crippen molar-refractivity contribution in [3.8, 4) is 0 Å². The molecule has 0 aromatic heterocycles. The smallest absolute Gasteiger partial charge is 0.240 e. The van der Waals surface area contributed by atoms with Crippen LogP contribution >= 0.6 is 12.4 Å². The molecule has 1 aliphatic heterocycles. The molecule has 0 bridgehead atoms. The molecular weight excluding hydrogens is 222 g/mol. The van der Waals surface area contributed by atoms with Gasteiger partial charge in [0.05, 0.1) is 18.3 Å². The maximum absolute atomic E-state index is 12.4. The third-order valence-corrected chi connectivity index (χ3v) is 4.58. The second kappa shape index (κ2) is 3.03. The molecule has 0 spiro atoms.